The molecule has 1 heterocycles. The Kier molecular flexibility index (Phi) is 5.38. The van der Waals surface area contributed by atoms with Gasteiger partial charge in [-0.25, -0.2) is 13.2 Å². The highest BCUT2D eigenvalue weighted by Gasteiger charge is 2.39. The fraction of sp³-hybridized carbons (Fsp3) is 0.846. The van der Waals surface area contributed by atoms with Gasteiger partial charge in [0.2, 0.25) is 15.9 Å². The van der Waals surface area contributed by atoms with Crippen molar-refractivity contribution in [1.29, 1.82) is 0 Å². The first-order valence-electron chi connectivity index (χ1n) is 6.94. The van der Waals surface area contributed by atoms with Crippen molar-refractivity contribution in [2.75, 3.05) is 12.8 Å². The molecule has 1 aliphatic heterocycles. The minimum absolute atomic E-state index is 0.296. The van der Waals surface area contributed by atoms with Gasteiger partial charge in [0.05, 0.1) is 6.26 Å². The monoisotopic (exact) mass is 320 g/mol. The zero-order valence-electron chi connectivity index (χ0n) is 12.9. The Balaban J connectivity index is 2.92. The molecule has 1 aliphatic rings. The number of nitrogens with one attached hydrogen (secondary N) is 1. The molecule has 0 aromatic rings. The molecule has 2 unspecified atom stereocenters. The number of carboxylic acid groups (broad SMARTS) is 1. The van der Waals surface area contributed by atoms with Gasteiger partial charge in [0.25, 0.3) is 0 Å². The maximum Gasteiger partial charge on any atom is 0.326 e. The second-order valence-electron chi connectivity index (χ2n) is 6.53. The molecule has 0 bridgehead atoms. The maximum atomic E-state index is 12.3. The van der Waals surface area contributed by atoms with Gasteiger partial charge >= 0.3 is 5.97 Å². The minimum atomic E-state index is -3.49. The number of sulfonamides is 1. The van der Waals surface area contributed by atoms with Crippen LogP contribution >= 0.6 is 0 Å². The van der Waals surface area contributed by atoms with Crippen LogP contribution in [-0.4, -0.2) is 54.6 Å². The lowest BCUT2D eigenvalue weighted by Crippen LogP contribution is -2.57. The summed E-state index contributed by atoms with van der Waals surface area (Å²) in [5.74, 6) is -1.67. The van der Waals surface area contributed by atoms with Crippen LogP contribution in [0, 0.1) is 5.41 Å². The van der Waals surface area contributed by atoms with Crippen molar-refractivity contribution in [3.8, 4) is 0 Å². The van der Waals surface area contributed by atoms with Crippen molar-refractivity contribution in [1.82, 2.24) is 9.62 Å². The first-order valence-corrected chi connectivity index (χ1v) is 8.79. The van der Waals surface area contributed by atoms with Gasteiger partial charge in [-0.1, -0.05) is 27.2 Å². The Bertz CT molecular complexity index is 509. The number of carbonyl (C=O) groups excluding carboxylic acids is 1. The zero-order valence-corrected chi connectivity index (χ0v) is 13.7. The van der Waals surface area contributed by atoms with Gasteiger partial charge in [0, 0.05) is 6.54 Å². The number of amides is 1. The van der Waals surface area contributed by atoms with Crippen molar-refractivity contribution in [2.24, 2.45) is 5.41 Å². The summed E-state index contributed by atoms with van der Waals surface area (Å²) >= 11 is 0. The number of carbonyl (C=O) groups is 2. The van der Waals surface area contributed by atoms with Gasteiger partial charge < -0.3 is 10.4 Å². The van der Waals surface area contributed by atoms with Crippen molar-refractivity contribution in [2.45, 2.75) is 52.1 Å². The molecule has 0 spiro atoms. The Hall–Kier alpha value is -1.15. The van der Waals surface area contributed by atoms with E-state index in [4.69, 9.17) is 0 Å². The molecule has 1 amide bonds. The van der Waals surface area contributed by atoms with Crippen molar-refractivity contribution >= 4 is 21.9 Å². The molecule has 1 rings (SSSR count). The quantitative estimate of drug-likeness (QED) is 0.781. The highest BCUT2D eigenvalue weighted by Crippen LogP contribution is 2.23. The normalized spacial score (nSPS) is 22.6. The van der Waals surface area contributed by atoms with E-state index in [0.717, 1.165) is 17.0 Å². The fourth-order valence-electron chi connectivity index (χ4n) is 2.45. The third-order valence-electron chi connectivity index (χ3n) is 3.58. The van der Waals surface area contributed by atoms with Gasteiger partial charge in [-0.15, -0.1) is 0 Å². The van der Waals surface area contributed by atoms with Crippen molar-refractivity contribution in [3.63, 3.8) is 0 Å². The van der Waals surface area contributed by atoms with E-state index in [2.05, 4.69) is 5.32 Å². The highest BCUT2D eigenvalue weighted by molar-refractivity contribution is 7.88. The second kappa shape index (κ2) is 6.31. The lowest BCUT2D eigenvalue weighted by atomic mass is 9.86. The average Bonchev–Trinajstić information content (AvgIpc) is 2.32. The minimum Gasteiger partial charge on any atom is -0.480 e. The number of hydrogen-bond acceptors (Lipinski definition) is 4. The second-order valence-corrected chi connectivity index (χ2v) is 8.47. The van der Waals surface area contributed by atoms with Crippen LogP contribution in [0.5, 0.6) is 0 Å². The van der Waals surface area contributed by atoms with Crippen molar-refractivity contribution < 1.29 is 23.1 Å². The van der Waals surface area contributed by atoms with E-state index in [-0.39, 0.29) is 0 Å². The summed E-state index contributed by atoms with van der Waals surface area (Å²) in [6.45, 7) is 5.42. The molecule has 0 aromatic heterocycles. The summed E-state index contributed by atoms with van der Waals surface area (Å²) < 4.78 is 24.7. The van der Waals surface area contributed by atoms with Crippen LogP contribution in [0.3, 0.4) is 0 Å². The van der Waals surface area contributed by atoms with E-state index in [1.165, 1.54) is 0 Å². The number of carboxylic acids is 1. The summed E-state index contributed by atoms with van der Waals surface area (Å²) in [5.41, 5.74) is -0.661. The summed E-state index contributed by atoms with van der Waals surface area (Å²) in [6, 6.07) is -1.88. The third kappa shape index (κ3) is 4.67. The summed E-state index contributed by atoms with van der Waals surface area (Å²) in [7, 11) is -3.49. The summed E-state index contributed by atoms with van der Waals surface area (Å²) in [6.07, 6.45) is 2.93. The van der Waals surface area contributed by atoms with Gasteiger partial charge in [-0.3, -0.25) is 4.79 Å². The molecule has 0 aliphatic carbocycles. The number of aliphatic carboxylic acids is 1. The van der Waals surface area contributed by atoms with Crippen LogP contribution in [0.1, 0.15) is 40.0 Å². The first-order chi connectivity index (χ1) is 9.44. The topological polar surface area (TPSA) is 104 Å². The van der Waals surface area contributed by atoms with E-state index in [1.54, 1.807) is 20.8 Å². The first kappa shape index (κ1) is 17.9. The summed E-state index contributed by atoms with van der Waals surface area (Å²) in [5, 5.41) is 11.7. The molecule has 0 saturated carbocycles. The van der Waals surface area contributed by atoms with Crippen LogP contribution in [0.25, 0.3) is 0 Å². The van der Waals surface area contributed by atoms with Crippen LogP contribution in [0.15, 0.2) is 0 Å². The highest BCUT2D eigenvalue weighted by atomic mass is 32.2. The molecule has 2 N–H and O–H groups in total. The van der Waals surface area contributed by atoms with Crippen LogP contribution in [-0.2, 0) is 19.6 Å². The molecule has 8 heteroatoms. The number of piperidine rings is 1. The average molecular weight is 320 g/mol. The lowest BCUT2D eigenvalue weighted by Gasteiger charge is -2.35. The Morgan fingerprint density at radius 3 is 2.29 bits per heavy atom. The van der Waals surface area contributed by atoms with E-state index in [0.29, 0.717) is 19.4 Å². The van der Waals surface area contributed by atoms with Gasteiger partial charge in [0.15, 0.2) is 0 Å². The number of hydrogen-bond donors (Lipinski definition) is 2. The number of rotatable bonds is 4. The van der Waals surface area contributed by atoms with E-state index >= 15 is 0 Å². The molecule has 0 radical (unpaired) electrons. The molecule has 0 aromatic carbocycles. The molecular formula is C13H24N2O5S. The lowest BCUT2D eigenvalue weighted by molar-refractivity contribution is -0.145. The van der Waals surface area contributed by atoms with Gasteiger partial charge in [-0.05, 0) is 18.3 Å². The predicted octanol–water partition coefficient (Wildman–Crippen LogP) is 0.416. The van der Waals surface area contributed by atoms with Gasteiger partial charge in [-0.2, -0.15) is 4.31 Å². The fourth-order valence-corrected chi connectivity index (χ4v) is 3.58. The Morgan fingerprint density at radius 2 is 1.86 bits per heavy atom. The summed E-state index contributed by atoms with van der Waals surface area (Å²) in [4.78, 5) is 23.6. The molecule has 21 heavy (non-hydrogen) atoms. The third-order valence-corrected chi connectivity index (χ3v) is 4.87. The van der Waals surface area contributed by atoms with Crippen molar-refractivity contribution in [3.05, 3.63) is 0 Å². The Labute approximate surface area is 125 Å². The zero-order chi connectivity index (χ0) is 16.4. The standard InChI is InChI=1S/C13H24N2O5S/c1-13(2,3)10(12(17)18)14-11(16)9-7-5-6-8-15(9)21(4,19)20/h9-10H,5-8H2,1-4H3,(H,14,16)(H,17,18). The molecular weight excluding hydrogens is 296 g/mol. The molecule has 2 atom stereocenters. The molecule has 1 saturated heterocycles. The Morgan fingerprint density at radius 1 is 1.29 bits per heavy atom. The molecule has 122 valence electrons. The van der Waals surface area contributed by atoms with Gasteiger partial charge in [0.1, 0.15) is 12.1 Å². The van der Waals surface area contributed by atoms with Crippen LogP contribution in [0.4, 0.5) is 0 Å². The molecule has 7 nitrogen and oxygen atoms in total. The largest absolute Gasteiger partial charge is 0.480 e. The smallest absolute Gasteiger partial charge is 0.326 e. The number of nitrogens with zero attached hydrogens (tertiary/aromatic N) is 1. The van der Waals surface area contributed by atoms with E-state index < -0.39 is 39.4 Å². The predicted molar refractivity (Wildman–Crippen MR) is 78.2 cm³/mol. The van der Waals surface area contributed by atoms with Crippen LogP contribution < -0.4 is 5.32 Å². The van der Waals surface area contributed by atoms with E-state index in [9.17, 15) is 23.1 Å². The molecule has 1 fully saturated rings. The maximum absolute atomic E-state index is 12.3. The van der Waals surface area contributed by atoms with Crippen LogP contribution in [0.2, 0.25) is 0 Å². The SMILES string of the molecule is CC(C)(C)C(NC(=O)C1CCCCN1S(C)(=O)=O)C(=O)O. The van der Waals surface area contributed by atoms with E-state index in [1.807, 2.05) is 0 Å².